The van der Waals surface area contributed by atoms with E-state index in [1.54, 1.807) is 4.90 Å². The molecule has 1 aliphatic heterocycles. The third kappa shape index (κ3) is 1.31. The molecule has 2 heteroatoms. The summed E-state index contributed by atoms with van der Waals surface area (Å²) in [7, 11) is 0. The number of amides is 1. The van der Waals surface area contributed by atoms with Crippen LogP contribution in [0.25, 0.3) is 0 Å². The van der Waals surface area contributed by atoms with Crippen molar-refractivity contribution in [2.24, 2.45) is 0 Å². The Hall–Kier alpha value is -0.790. The van der Waals surface area contributed by atoms with Crippen LogP contribution in [-0.4, -0.2) is 17.4 Å². The monoisotopic (exact) mass is 125 g/mol. The van der Waals surface area contributed by atoms with E-state index in [0.29, 0.717) is 6.04 Å². The van der Waals surface area contributed by atoms with Gasteiger partial charge in [-0.1, -0.05) is 6.08 Å². The summed E-state index contributed by atoms with van der Waals surface area (Å²) in [6.45, 7) is 2.05. The fourth-order valence-electron chi connectivity index (χ4n) is 0.969. The van der Waals surface area contributed by atoms with E-state index in [1.165, 1.54) is 0 Å². The van der Waals surface area contributed by atoms with Crippen LogP contribution in [-0.2, 0) is 4.79 Å². The highest BCUT2D eigenvalue weighted by Crippen LogP contribution is 2.10. The molecular weight excluding hydrogens is 114 g/mol. The molecule has 1 amide bonds. The summed E-state index contributed by atoms with van der Waals surface area (Å²) < 4.78 is 0. The van der Waals surface area contributed by atoms with Crippen molar-refractivity contribution in [2.75, 3.05) is 0 Å². The quantitative estimate of drug-likeness (QED) is 0.481. The number of allylic oxidation sites excluding steroid dienone is 1. The summed E-state index contributed by atoms with van der Waals surface area (Å²) in [6.07, 6.45) is 6.94. The first-order valence-electron chi connectivity index (χ1n) is 3.24. The van der Waals surface area contributed by atoms with E-state index in [9.17, 15) is 4.79 Å². The summed E-state index contributed by atoms with van der Waals surface area (Å²) in [5, 5.41) is 0. The minimum atomic E-state index is 0.396. The third-order valence-electron chi connectivity index (χ3n) is 1.66. The third-order valence-corrected chi connectivity index (χ3v) is 1.66. The molecule has 1 atom stereocenters. The van der Waals surface area contributed by atoms with Crippen LogP contribution in [0.2, 0.25) is 0 Å². The second kappa shape index (κ2) is 2.67. The summed E-state index contributed by atoms with van der Waals surface area (Å²) in [6, 6.07) is 0.396. The predicted octanol–water partition coefficient (Wildman–Crippen LogP) is 1.14. The first-order valence-corrected chi connectivity index (χ1v) is 3.24. The highest BCUT2D eigenvalue weighted by Gasteiger charge is 2.10. The maximum atomic E-state index is 10.2. The van der Waals surface area contributed by atoms with Crippen molar-refractivity contribution in [2.45, 2.75) is 25.8 Å². The van der Waals surface area contributed by atoms with Gasteiger partial charge < -0.3 is 4.90 Å². The number of hydrogen-bond acceptors (Lipinski definition) is 1. The molecule has 0 spiro atoms. The average Bonchev–Trinajstić information content (AvgIpc) is 1.89. The predicted molar refractivity (Wildman–Crippen MR) is 35.7 cm³/mol. The molecule has 2 nitrogen and oxygen atoms in total. The highest BCUT2D eigenvalue weighted by molar-refractivity contribution is 5.50. The van der Waals surface area contributed by atoms with Crippen molar-refractivity contribution >= 4 is 6.41 Å². The molecule has 0 bridgehead atoms. The maximum absolute atomic E-state index is 10.2. The number of hydrogen-bond donors (Lipinski definition) is 0. The summed E-state index contributed by atoms with van der Waals surface area (Å²) >= 11 is 0. The average molecular weight is 125 g/mol. The van der Waals surface area contributed by atoms with Crippen LogP contribution in [0.1, 0.15) is 19.8 Å². The lowest BCUT2D eigenvalue weighted by atomic mass is 10.1. The number of nitrogens with zero attached hydrogens (tertiary/aromatic N) is 1. The Kier molecular flexibility index (Phi) is 1.88. The largest absolute Gasteiger partial charge is 0.319 e. The van der Waals surface area contributed by atoms with Crippen LogP contribution in [0.3, 0.4) is 0 Å². The SMILES string of the molecule is C[C@@H]1CCC=CN1C=O. The van der Waals surface area contributed by atoms with Crippen LogP contribution in [0.15, 0.2) is 12.3 Å². The van der Waals surface area contributed by atoms with Crippen molar-refractivity contribution in [1.82, 2.24) is 4.90 Å². The lowest BCUT2D eigenvalue weighted by molar-refractivity contribution is -0.117. The highest BCUT2D eigenvalue weighted by atomic mass is 16.1. The lowest BCUT2D eigenvalue weighted by Crippen LogP contribution is -2.28. The van der Waals surface area contributed by atoms with Crippen LogP contribution in [0.4, 0.5) is 0 Å². The second-order valence-corrected chi connectivity index (χ2v) is 2.36. The van der Waals surface area contributed by atoms with Gasteiger partial charge in [0, 0.05) is 12.2 Å². The van der Waals surface area contributed by atoms with E-state index in [-0.39, 0.29) is 0 Å². The lowest BCUT2D eigenvalue weighted by Gasteiger charge is -2.23. The van der Waals surface area contributed by atoms with Gasteiger partial charge in [0.2, 0.25) is 6.41 Å². The Morgan fingerprint density at radius 1 is 1.78 bits per heavy atom. The van der Waals surface area contributed by atoms with Crippen LogP contribution >= 0.6 is 0 Å². The van der Waals surface area contributed by atoms with Crippen molar-refractivity contribution in [3.8, 4) is 0 Å². The molecule has 0 saturated heterocycles. The van der Waals surface area contributed by atoms with E-state index in [4.69, 9.17) is 0 Å². The summed E-state index contributed by atoms with van der Waals surface area (Å²) in [5.41, 5.74) is 0. The molecule has 0 N–H and O–H groups in total. The minimum Gasteiger partial charge on any atom is -0.319 e. The second-order valence-electron chi connectivity index (χ2n) is 2.36. The molecule has 0 aromatic rings. The Balaban J connectivity index is 2.56. The van der Waals surface area contributed by atoms with Crippen molar-refractivity contribution < 1.29 is 4.79 Å². The first-order chi connectivity index (χ1) is 4.34. The molecule has 0 aliphatic carbocycles. The molecule has 50 valence electrons. The van der Waals surface area contributed by atoms with Crippen LogP contribution in [0, 0.1) is 0 Å². The summed E-state index contributed by atoms with van der Waals surface area (Å²) in [4.78, 5) is 11.9. The van der Waals surface area contributed by atoms with Crippen LogP contribution in [0.5, 0.6) is 0 Å². The fraction of sp³-hybridized carbons (Fsp3) is 0.571. The Bertz CT molecular complexity index is 131. The standard InChI is InChI=1S/C7H11NO/c1-7-4-2-3-5-8(7)6-9/h3,5-7H,2,4H2,1H3/t7-/m1/s1. The zero-order chi connectivity index (χ0) is 6.69. The number of carbonyl (C=O) groups excluding carboxylic acids is 1. The van der Waals surface area contributed by atoms with Gasteiger partial charge in [-0.2, -0.15) is 0 Å². The molecule has 9 heavy (non-hydrogen) atoms. The van der Waals surface area contributed by atoms with Gasteiger partial charge in [-0.05, 0) is 19.8 Å². The molecule has 0 saturated carbocycles. The van der Waals surface area contributed by atoms with Crippen molar-refractivity contribution in [3.63, 3.8) is 0 Å². The van der Waals surface area contributed by atoms with Crippen LogP contribution < -0.4 is 0 Å². The molecule has 1 rings (SSSR count). The van der Waals surface area contributed by atoms with E-state index < -0.39 is 0 Å². The Labute approximate surface area is 55.2 Å². The van der Waals surface area contributed by atoms with Gasteiger partial charge in [0.05, 0.1) is 0 Å². The van der Waals surface area contributed by atoms with E-state index >= 15 is 0 Å². The summed E-state index contributed by atoms with van der Waals surface area (Å²) in [5.74, 6) is 0. The van der Waals surface area contributed by atoms with Crippen molar-refractivity contribution in [3.05, 3.63) is 12.3 Å². The van der Waals surface area contributed by atoms with Crippen molar-refractivity contribution in [1.29, 1.82) is 0 Å². The van der Waals surface area contributed by atoms with Gasteiger partial charge in [0.15, 0.2) is 0 Å². The molecule has 0 aromatic carbocycles. The topological polar surface area (TPSA) is 20.3 Å². The van der Waals surface area contributed by atoms with Gasteiger partial charge >= 0.3 is 0 Å². The molecule has 0 aromatic heterocycles. The van der Waals surface area contributed by atoms with Gasteiger partial charge in [-0.15, -0.1) is 0 Å². The zero-order valence-electron chi connectivity index (χ0n) is 5.58. The molecule has 1 heterocycles. The van der Waals surface area contributed by atoms with Gasteiger partial charge in [-0.3, -0.25) is 4.79 Å². The molecule has 0 radical (unpaired) electrons. The zero-order valence-corrected chi connectivity index (χ0v) is 5.58. The van der Waals surface area contributed by atoms with E-state index in [1.807, 2.05) is 12.3 Å². The molecule has 0 fully saturated rings. The normalized spacial score (nSPS) is 26.3. The maximum Gasteiger partial charge on any atom is 0.213 e. The fourth-order valence-corrected chi connectivity index (χ4v) is 0.969. The molecule has 1 aliphatic rings. The number of carbonyl (C=O) groups is 1. The minimum absolute atomic E-state index is 0.396. The molecule has 0 unspecified atom stereocenters. The first kappa shape index (κ1) is 6.33. The van der Waals surface area contributed by atoms with Gasteiger partial charge in [0.1, 0.15) is 0 Å². The Morgan fingerprint density at radius 3 is 3.00 bits per heavy atom. The van der Waals surface area contributed by atoms with E-state index in [0.717, 1.165) is 19.3 Å². The Morgan fingerprint density at radius 2 is 2.56 bits per heavy atom. The van der Waals surface area contributed by atoms with Gasteiger partial charge in [0.25, 0.3) is 0 Å². The number of rotatable bonds is 1. The molecular formula is C7H11NO. The smallest absolute Gasteiger partial charge is 0.213 e. The van der Waals surface area contributed by atoms with Gasteiger partial charge in [-0.25, -0.2) is 0 Å². The van der Waals surface area contributed by atoms with E-state index in [2.05, 4.69) is 6.92 Å².